The molecule has 2 aromatic heterocycles. The number of H-pyrrole nitrogens is 1. The molecule has 0 bridgehead atoms. The number of aromatic amines is 1. The van der Waals surface area contributed by atoms with E-state index in [1.165, 1.54) is 22.9 Å². The van der Waals surface area contributed by atoms with Crippen LogP contribution in [0.25, 0.3) is 22.8 Å². The van der Waals surface area contributed by atoms with Crippen molar-refractivity contribution in [2.45, 2.75) is 5.16 Å². The highest BCUT2D eigenvalue weighted by Gasteiger charge is 2.16. The van der Waals surface area contributed by atoms with E-state index in [1.807, 2.05) is 12.1 Å². The largest absolute Gasteiger partial charge is 0.335 e. The maximum atomic E-state index is 13.2. The third-order valence-corrected chi connectivity index (χ3v) is 5.26. The monoisotopic (exact) mass is 443 g/mol. The second kappa shape index (κ2) is 8.56. The number of aromatic nitrogens is 5. The fraction of sp³-hybridized carbons (Fsp3) is 0.0526. The summed E-state index contributed by atoms with van der Waals surface area (Å²) < 4.78 is 14.5. The van der Waals surface area contributed by atoms with E-state index >= 15 is 0 Å². The number of amides is 1. The number of carbonyl (C=O) groups excluding carboxylic acids is 1. The lowest BCUT2D eigenvalue weighted by molar-refractivity contribution is -0.113. The number of rotatable bonds is 6. The number of nitrogens with zero attached hydrogens (tertiary/aromatic N) is 4. The van der Waals surface area contributed by atoms with Crippen molar-refractivity contribution in [3.05, 3.63) is 65.4 Å². The zero-order valence-corrected chi connectivity index (χ0v) is 16.9. The topological polar surface area (TPSA) is 115 Å². The summed E-state index contributed by atoms with van der Waals surface area (Å²) in [5, 5.41) is 18.8. The van der Waals surface area contributed by atoms with Gasteiger partial charge >= 0.3 is 0 Å². The van der Waals surface area contributed by atoms with Gasteiger partial charge in [-0.2, -0.15) is 5.10 Å². The Morgan fingerprint density at radius 2 is 2.00 bits per heavy atom. The summed E-state index contributed by atoms with van der Waals surface area (Å²) in [6, 6.07) is 14.7. The molecule has 1 amide bonds. The highest BCUT2D eigenvalue weighted by molar-refractivity contribution is 7.99. The van der Waals surface area contributed by atoms with Gasteiger partial charge in [-0.15, -0.1) is 10.2 Å². The van der Waals surface area contributed by atoms with Crippen LogP contribution in [0.5, 0.6) is 0 Å². The Morgan fingerprint density at radius 3 is 2.77 bits per heavy atom. The van der Waals surface area contributed by atoms with Gasteiger partial charge in [-0.05, 0) is 36.4 Å². The zero-order valence-electron chi connectivity index (χ0n) is 15.3. The maximum Gasteiger partial charge on any atom is 0.234 e. The zero-order chi connectivity index (χ0) is 21.1. The first-order valence-corrected chi connectivity index (χ1v) is 10.1. The van der Waals surface area contributed by atoms with Gasteiger partial charge in [-0.25, -0.2) is 9.07 Å². The molecule has 0 fully saturated rings. The molecule has 0 saturated carbocycles. The molecule has 4 N–H and O–H groups in total. The summed E-state index contributed by atoms with van der Waals surface area (Å²) in [6.45, 7) is 0. The molecular formula is C19H15ClFN7OS. The van der Waals surface area contributed by atoms with E-state index in [9.17, 15) is 9.18 Å². The quantitative estimate of drug-likeness (QED) is 0.310. The van der Waals surface area contributed by atoms with Gasteiger partial charge in [-0.1, -0.05) is 41.6 Å². The predicted octanol–water partition coefficient (Wildman–Crippen LogP) is 3.57. The average Bonchev–Trinajstić information content (AvgIpc) is 3.34. The smallest absolute Gasteiger partial charge is 0.234 e. The lowest BCUT2D eigenvalue weighted by Crippen LogP contribution is -2.16. The van der Waals surface area contributed by atoms with E-state index in [1.54, 1.807) is 24.3 Å². The van der Waals surface area contributed by atoms with Crippen LogP contribution in [0.3, 0.4) is 0 Å². The number of nitrogen functional groups attached to an aromatic ring is 1. The summed E-state index contributed by atoms with van der Waals surface area (Å²) in [5.74, 6) is 5.75. The van der Waals surface area contributed by atoms with Crippen molar-refractivity contribution in [2.75, 3.05) is 16.9 Å². The molecule has 152 valence electrons. The van der Waals surface area contributed by atoms with Crippen LogP contribution in [0, 0.1) is 5.82 Å². The highest BCUT2D eigenvalue weighted by Crippen LogP contribution is 2.25. The molecule has 0 aliphatic heterocycles. The van der Waals surface area contributed by atoms with E-state index in [4.69, 9.17) is 17.4 Å². The molecule has 0 atom stereocenters. The summed E-state index contributed by atoms with van der Waals surface area (Å²) in [6.07, 6.45) is 0. The molecule has 0 saturated heterocycles. The van der Waals surface area contributed by atoms with E-state index < -0.39 is 5.82 Å². The van der Waals surface area contributed by atoms with Gasteiger partial charge in [0.1, 0.15) is 11.5 Å². The van der Waals surface area contributed by atoms with Crippen LogP contribution >= 0.6 is 23.4 Å². The van der Waals surface area contributed by atoms with Crippen LogP contribution < -0.4 is 11.2 Å². The molecule has 0 aliphatic carbocycles. The SMILES string of the molecule is Nn1c(SCC(=O)Nc2cccc(F)c2)nnc1-c1cc(-c2ccc(Cl)cc2)n[nH]1. The minimum atomic E-state index is -0.427. The van der Waals surface area contributed by atoms with Gasteiger partial charge in [0.15, 0.2) is 0 Å². The Balaban J connectivity index is 1.42. The lowest BCUT2D eigenvalue weighted by atomic mass is 10.1. The van der Waals surface area contributed by atoms with Gasteiger partial charge in [0.25, 0.3) is 0 Å². The molecule has 4 rings (SSSR count). The van der Waals surface area contributed by atoms with Crippen molar-refractivity contribution in [3.8, 4) is 22.8 Å². The minimum absolute atomic E-state index is 0.0326. The first-order chi connectivity index (χ1) is 14.5. The minimum Gasteiger partial charge on any atom is -0.335 e. The van der Waals surface area contributed by atoms with E-state index in [-0.39, 0.29) is 11.7 Å². The number of hydrogen-bond donors (Lipinski definition) is 3. The Bertz CT molecular complexity index is 1190. The third kappa shape index (κ3) is 4.44. The second-order valence-corrected chi connectivity index (χ2v) is 7.58. The fourth-order valence-electron chi connectivity index (χ4n) is 2.66. The molecule has 2 heterocycles. The Kier molecular flexibility index (Phi) is 5.68. The molecule has 0 radical (unpaired) electrons. The van der Waals surface area contributed by atoms with Crippen LogP contribution in [0.1, 0.15) is 0 Å². The van der Waals surface area contributed by atoms with Crippen molar-refractivity contribution in [1.29, 1.82) is 0 Å². The van der Waals surface area contributed by atoms with E-state index in [2.05, 4.69) is 25.7 Å². The number of thioether (sulfide) groups is 1. The fourth-order valence-corrected chi connectivity index (χ4v) is 3.44. The molecule has 2 aromatic carbocycles. The molecule has 0 aliphatic rings. The summed E-state index contributed by atoms with van der Waals surface area (Å²) in [4.78, 5) is 12.1. The Morgan fingerprint density at radius 1 is 1.20 bits per heavy atom. The number of nitrogens with one attached hydrogen (secondary N) is 2. The van der Waals surface area contributed by atoms with Gasteiger partial charge in [0.05, 0.1) is 11.4 Å². The van der Waals surface area contributed by atoms with Crippen molar-refractivity contribution in [1.82, 2.24) is 25.1 Å². The van der Waals surface area contributed by atoms with E-state index in [0.29, 0.717) is 33.1 Å². The normalized spacial score (nSPS) is 10.9. The second-order valence-electron chi connectivity index (χ2n) is 6.20. The van der Waals surface area contributed by atoms with Crippen molar-refractivity contribution >= 4 is 35.0 Å². The van der Waals surface area contributed by atoms with Gasteiger partial charge in [0, 0.05) is 16.3 Å². The molecule has 8 nitrogen and oxygen atoms in total. The molecule has 4 aromatic rings. The summed E-state index contributed by atoms with van der Waals surface area (Å²) >= 11 is 7.02. The van der Waals surface area contributed by atoms with Crippen molar-refractivity contribution < 1.29 is 9.18 Å². The first-order valence-electron chi connectivity index (χ1n) is 8.70. The molecule has 30 heavy (non-hydrogen) atoms. The maximum absolute atomic E-state index is 13.2. The van der Waals surface area contributed by atoms with Gasteiger partial charge in [-0.3, -0.25) is 9.89 Å². The number of carbonyl (C=O) groups is 1. The summed E-state index contributed by atoms with van der Waals surface area (Å²) in [5.41, 5.74) is 2.54. The summed E-state index contributed by atoms with van der Waals surface area (Å²) in [7, 11) is 0. The van der Waals surface area contributed by atoms with Gasteiger partial charge in [0.2, 0.25) is 16.9 Å². The van der Waals surface area contributed by atoms with Crippen LogP contribution in [0.15, 0.2) is 59.8 Å². The van der Waals surface area contributed by atoms with Crippen LogP contribution in [0.4, 0.5) is 10.1 Å². The number of halogens is 2. The van der Waals surface area contributed by atoms with Crippen LogP contribution in [-0.4, -0.2) is 36.7 Å². The van der Waals surface area contributed by atoms with Crippen LogP contribution in [-0.2, 0) is 4.79 Å². The van der Waals surface area contributed by atoms with Gasteiger partial charge < -0.3 is 11.2 Å². The van der Waals surface area contributed by atoms with Crippen molar-refractivity contribution in [3.63, 3.8) is 0 Å². The third-order valence-electron chi connectivity index (χ3n) is 4.06. The number of hydrogen-bond acceptors (Lipinski definition) is 6. The Hall–Kier alpha value is -3.37. The van der Waals surface area contributed by atoms with E-state index in [0.717, 1.165) is 17.3 Å². The molecule has 0 spiro atoms. The van der Waals surface area contributed by atoms with Crippen molar-refractivity contribution in [2.24, 2.45) is 0 Å². The first kappa shape index (κ1) is 19.9. The average molecular weight is 444 g/mol. The predicted molar refractivity (Wildman–Crippen MR) is 114 cm³/mol. The number of benzene rings is 2. The highest BCUT2D eigenvalue weighted by atomic mass is 35.5. The molecular weight excluding hydrogens is 429 g/mol. The molecule has 11 heteroatoms. The number of anilines is 1. The standard InChI is InChI=1S/C19H15ClFN7OS/c20-12-6-4-11(5-7-12)15-9-16(25-24-15)18-26-27-19(28(18)22)30-10-17(29)23-14-3-1-2-13(21)8-14/h1-9H,10,22H2,(H,23,29)(H,24,25). The van der Waals surface area contributed by atoms with Crippen LogP contribution in [0.2, 0.25) is 5.02 Å². The Labute approximate surface area is 179 Å². The number of nitrogens with two attached hydrogens (primary N) is 1. The molecule has 0 unspecified atom stereocenters. The lowest BCUT2D eigenvalue weighted by Gasteiger charge is -2.05.